The Kier molecular flexibility index (Phi) is 3.35. The van der Waals surface area contributed by atoms with Gasteiger partial charge in [-0.3, -0.25) is 0 Å². The van der Waals surface area contributed by atoms with Gasteiger partial charge >= 0.3 is 0 Å². The van der Waals surface area contributed by atoms with E-state index in [1.165, 1.54) is 0 Å². The van der Waals surface area contributed by atoms with E-state index in [0.717, 1.165) is 0 Å². The predicted octanol–water partition coefficient (Wildman–Crippen LogP) is 0.607. The summed E-state index contributed by atoms with van der Waals surface area (Å²) in [5, 5.41) is 8.07. The van der Waals surface area contributed by atoms with E-state index >= 15 is 0 Å². The fraction of sp³-hybridized carbons (Fsp3) is 0.600. The third-order valence-corrected chi connectivity index (χ3v) is 0.550. The Labute approximate surface area is 43.7 Å². The van der Waals surface area contributed by atoms with Gasteiger partial charge in [0.25, 0.3) is 0 Å². The van der Waals surface area contributed by atoms with Gasteiger partial charge in [-0.15, -0.1) is 0 Å². The number of rotatable bonds is 2. The SMILES string of the molecule is [CH2]C(C#N)COC. The molecule has 0 aliphatic carbocycles. The van der Waals surface area contributed by atoms with E-state index in [4.69, 9.17) is 5.26 Å². The number of nitrogens with zero attached hydrogens (tertiary/aromatic N) is 1. The van der Waals surface area contributed by atoms with Crippen LogP contribution in [0.2, 0.25) is 0 Å². The van der Waals surface area contributed by atoms with Crippen molar-refractivity contribution >= 4 is 0 Å². The third-order valence-electron chi connectivity index (χ3n) is 0.550. The standard InChI is InChI=1S/C5H8NO/c1-5(3-6)4-7-2/h5H,1,4H2,2H3. The zero-order valence-corrected chi connectivity index (χ0v) is 4.35. The lowest BCUT2D eigenvalue weighted by Gasteiger charge is -1.94. The normalized spacial score (nSPS) is 12.7. The van der Waals surface area contributed by atoms with Gasteiger partial charge in [0.2, 0.25) is 0 Å². The summed E-state index contributed by atoms with van der Waals surface area (Å²) in [5.74, 6) is -0.218. The monoisotopic (exact) mass is 98.1 g/mol. The van der Waals surface area contributed by atoms with Crippen molar-refractivity contribution in [2.24, 2.45) is 5.92 Å². The highest BCUT2D eigenvalue weighted by molar-refractivity contribution is 4.83. The van der Waals surface area contributed by atoms with Crippen molar-refractivity contribution in [3.8, 4) is 6.07 Å². The Morgan fingerprint density at radius 1 is 2.00 bits per heavy atom. The van der Waals surface area contributed by atoms with E-state index in [0.29, 0.717) is 6.61 Å². The smallest absolute Gasteiger partial charge is 0.0697 e. The zero-order chi connectivity index (χ0) is 5.70. The van der Waals surface area contributed by atoms with Crippen LogP contribution in [0.25, 0.3) is 0 Å². The Bertz CT molecular complexity index is 74.6. The summed E-state index contributed by atoms with van der Waals surface area (Å²) in [6.45, 7) is 3.89. The summed E-state index contributed by atoms with van der Waals surface area (Å²) in [5.41, 5.74) is 0. The fourth-order valence-corrected chi connectivity index (χ4v) is 0.238. The van der Waals surface area contributed by atoms with Gasteiger partial charge in [-0.1, -0.05) is 0 Å². The molecule has 7 heavy (non-hydrogen) atoms. The fourth-order valence-electron chi connectivity index (χ4n) is 0.238. The molecule has 0 fully saturated rings. The minimum absolute atomic E-state index is 0.218. The first-order valence-electron chi connectivity index (χ1n) is 2.03. The highest BCUT2D eigenvalue weighted by atomic mass is 16.5. The molecule has 1 unspecified atom stereocenters. The lowest BCUT2D eigenvalue weighted by molar-refractivity contribution is 0.185. The van der Waals surface area contributed by atoms with Crippen LogP contribution in [0.15, 0.2) is 0 Å². The number of ether oxygens (including phenoxy) is 1. The molecule has 2 nitrogen and oxygen atoms in total. The van der Waals surface area contributed by atoms with E-state index in [9.17, 15) is 0 Å². The predicted molar refractivity (Wildman–Crippen MR) is 26.3 cm³/mol. The lowest BCUT2D eigenvalue weighted by atomic mass is 10.2. The van der Waals surface area contributed by atoms with E-state index in [2.05, 4.69) is 11.7 Å². The Morgan fingerprint density at radius 3 is 2.71 bits per heavy atom. The Morgan fingerprint density at radius 2 is 2.57 bits per heavy atom. The molecule has 0 aromatic heterocycles. The molecule has 0 aliphatic heterocycles. The second-order valence-electron chi connectivity index (χ2n) is 1.28. The maximum Gasteiger partial charge on any atom is 0.0697 e. The third kappa shape index (κ3) is 3.28. The van der Waals surface area contributed by atoms with Crippen LogP contribution in [-0.2, 0) is 4.74 Å². The van der Waals surface area contributed by atoms with E-state index in [1.807, 2.05) is 6.07 Å². The summed E-state index contributed by atoms with van der Waals surface area (Å²) >= 11 is 0. The maximum absolute atomic E-state index is 8.07. The minimum Gasteiger partial charge on any atom is -0.383 e. The van der Waals surface area contributed by atoms with Crippen molar-refractivity contribution in [2.75, 3.05) is 13.7 Å². The molecule has 1 radical (unpaired) electrons. The van der Waals surface area contributed by atoms with Crippen LogP contribution in [-0.4, -0.2) is 13.7 Å². The second-order valence-corrected chi connectivity index (χ2v) is 1.28. The van der Waals surface area contributed by atoms with Crippen molar-refractivity contribution in [3.05, 3.63) is 6.92 Å². The summed E-state index contributed by atoms with van der Waals surface area (Å²) in [6, 6.07) is 1.93. The van der Waals surface area contributed by atoms with Gasteiger partial charge in [0.15, 0.2) is 0 Å². The molecule has 0 aliphatic rings. The molecule has 0 bridgehead atoms. The number of hydrogen-bond acceptors (Lipinski definition) is 2. The summed E-state index contributed by atoms with van der Waals surface area (Å²) in [6.07, 6.45) is 0. The van der Waals surface area contributed by atoms with Crippen molar-refractivity contribution in [2.45, 2.75) is 0 Å². The van der Waals surface area contributed by atoms with E-state index < -0.39 is 0 Å². The second kappa shape index (κ2) is 3.63. The summed E-state index contributed by atoms with van der Waals surface area (Å²) < 4.78 is 4.61. The number of nitriles is 1. The summed E-state index contributed by atoms with van der Waals surface area (Å²) in [7, 11) is 1.55. The highest BCUT2D eigenvalue weighted by Gasteiger charge is 1.93. The molecule has 39 valence electrons. The largest absolute Gasteiger partial charge is 0.383 e. The minimum atomic E-state index is -0.218. The highest BCUT2D eigenvalue weighted by Crippen LogP contribution is 1.87. The Hall–Kier alpha value is -0.550. The first-order valence-corrected chi connectivity index (χ1v) is 2.03. The average molecular weight is 98.1 g/mol. The Balaban J connectivity index is 3.04. The molecule has 0 spiro atoms. The summed E-state index contributed by atoms with van der Waals surface area (Å²) in [4.78, 5) is 0. The van der Waals surface area contributed by atoms with Crippen LogP contribution in [0.5, 0.6) is 0 Å². The molecular weight excluding hydrogens is 90.1 g/mol. The molecule has 0 aromatic rings. The zero-order valence-electron chi connectivity index (χ0n) is 4.35. The van der Waals surface area contributed by atoms with Gasteiger partial charge in [0.1, 0.15) is 0 Å². The molecule has 1 atom stereocenters. The molecule has 2 heteroatoms. The molecule has 0 saturated heterocycles. The van der Waals surface area contributed by atoms with Crippen molar-refractivity contribution in [1.29, 1.82) is 5.26 Å². The molecule has 0 rings (SSSR count). The van der Waals surface area contributed by atoms with E-state index in [1.54, 1.807) is 7.11 Å². The van der Waals surface area contributed by atoms with Gasteiger partial charge in [-0.2, -0.15) is 5.26 Å². The first kappa shape index (κ1) is 6.45. The van der Waals surface area contributed by atoms with Crippen LogP contribution in [0.3, 0.4) is 0 Å². The van der Waals surface area contributed by atoms with Crippen LogP contribution in [0.1, 0.15) is 0 Å². The number of methoxy groups -OCH3 is 1. The number of hydrogen-bond donors (Lipinski definition) is 0. The van der Waals surface area contributed by atoms with Crippen molar-refractivity contribution < 1.29 is 4.74 Å². The van der Waals surface area contributed by atoms with E-state index in [-0.39, 0.29) is 5.92 Å². The van der Waals surface area contributed by atoms with Crippen molar-refractivity contribution in [1.82, 2.24) is 0 Å². The first-order chi connectivity index (χ1) is 3.31. The van der Waals surface area contributed by atoms with Crippen LogP contribution in [0.4, 0.5) is 0 Å². The molecule has 0 amide bonds. The molecular formula is C5H8NO. The molecule has 0 N–H and O–H groups in total. The van der Waals surface area contributed by atoms with Gasteiger partial charge in [-0.25, -0.2) is 0 Å². The van der Waals surface area contributed by atoms with Gasteiger partial charge < -0.3 is 4.74 Å². The van der Waals surface area contributed by atoms with Crippen LogP contribution >= 0.6 is 0 Å². The van der Waals surface area contributed by atoms with Crippen molar-refractivity contribution in [3.63, 3.8) is 0 Å². The van der Waals surface area contributed by atoms with Gasteiger partial charge in [0, 0.05) is 7.11 Å². The molecule has 0 heterocycles. The van der Waals surface area contributed by atoms with Crippen LogP contribution < -0.4 is 0 Å². The molecule has 0 aromatic carbocycles. The topological polar surface area (TPSA) is 33.0 Å². The lowest BCUT2D eigenvalue weighted by Crippen LogP contribution is -1.99. The maximum atomic E-state index is 8.07. The van der Waals surface area contributed by atoms with Gasteiger partial charge in [-0.05, 0) is 6.92 Å². The average Bonchev–Trinajstić information content (AvgIpc) is 1.68. The molecule has 0 saturated carbocycles. The quantitative estimate of drug-likeness (QED) is 0.507. The van der Waals surface area contributed by atoms with Gasteiger partial charge in [0.05, 0.1) is 18.6 Å². The van der Waals surface area contributed by atoms with Crippen LogP contribution in [0, 0.1) is 24.2 Å².